The third kappa shape index (κ3) is 2.41. The van der Waals surface area contributed by atoms with Gasteiger partial charge in [0.1, 0.15) is 0 Å². The zero-order valence-electron chi connectivity index (χ0n) is 12.2. The van der Waals surface area contributed by atoms with Crippen molar-refractivity contribution in [2.45, 2.75) is 68.8 Å². The second-order valence-electron chi connectivity index (χ2n) is 7.15. The number of aliphatic imine (C=N–C) groups is 1. The second kappa shape index (κ2) is 4.06. The van der Waals surface area contributed by atoms with Crippen LogP contribution in [0.15, 0.2) is 4.99 Å². The Bertz CT molecular complexity index is 365. The van der Waals surface area contributed by atoms with E-state index in [-0.39, 0.29) is 28.0 Å². The maximum absolute atomic E-state index is 6.17. The maximum atomic E-state index is 6.17. The van der Waals surface area contributed by atoms with Crippen molar-refractivity contribution in [3.8, 4) is 0 Å². The predicted octanol–water partition coefficient (Wildman–Crippen LogP) is 3.47. The van der Waals surface area contributed by atoms with Crippen molar-refractivity contribution in [1.29, 1.82) is 0 Å². The molecule has 5 heteroatoms. The van der Waals surface area contributed by atoms with E-state index in [0.717, 1.165) is 13.0 Å². The molecule has 2 atom stereocenters. The lowest BCUT2D eigenvalue weighted by Gasteiger charge is -2.37. The van der Waals surface area contributed by atoms with E-state index in [1.54, 1.807) is 0 Å². The average molecular weight is 316 g/mol. The molecule has 102 valence electrons. The van der Waals surface area contributed by atoms with E-state index in [9.17, 15) is 0 Å². The molecule has 0 aromatic carbocycles. The standard InChI is InChI=1S/C13H23BBrNO2/c1-10(2)11(3,4)18-14(17-10)12(5)7-13(6,15)9-16-8-12/h8H,7,9H2,1-6H3. The summed E-state index contributed by atoms with van der Waals surface area (Å²) in [7, 11) is -0.233. The van der Waals surface area contributed by atoms with Crippen molar-refractivity contribution in [3.05, 3.63) is 0 Å². The van der Waals surface area contributed by atoms with Crippen molar-refractivity contribution in [2.75, 3.05) is 6.54 Å². The second-order valence-corrected chi connectivity index (χ2v) is 9.07. The van der Waals surface area contributed by atoms with Gasteiger partial charge in [-0.1, -0.05) is 22.9 Å². The predicted molar refractivity (Wildman–Crippen MR) is 79.8 cm³/mol. The minimum absolute atomic E-state index is 0.0279. The molecular formula is C13H23BBrNO2. The molecule has 18 heavy (non-hydrogen) atoms. The number of halogens is 1. The van der Waals surface area contributed by atoms with Gasteiger partial charge in [-0.3, -0.25) is 4.99 Å². The van der Waals surface area contributed by atoms with Crippen LogP contribution in [-0.4, -0.2) is 35.4 Å². The first-order valence-corrected chi connectivity index (χ1v) is 7.32. The van der Waals surface area contributed by atoms with Gasteiger partial charge in [0, 0.05) is 15.9 Å². The lowest BCUT2D eigenvalue weighted by Crippen LogP contribution is -2.43. The molecule has 2 aliphatic rings. The Labute approximate surface area is 119 Å². The number of alkyl halides is 1. The molecule has 1 saturated heterocycles. The number of rotatable bonds is 1. The summed E-state index contributed by atoms with van der Waals surface area (Å²) in [5.41, 5.74) is -0.566. The first-order valence-electron chi connectivity index (χ1n) is 6.53. The van der Waals surface area contributed by atoms with Crippen LogP contribution in [0.2, 0.25) is 5.31 Å². The molecule has 0 bridgehead atoms. The number of hydrogen-bond donors (Lipinski definition) is 0. The summed E-state index contributed by atoms with van der Waals surface area (Å²) in [4.78, 5) is 4.49. The first-order chi connectivity index (χ1) is 7.98. The molecule has 3 nitrogen and oxygen atoms in total. The lowest BCUT2D eigenvalue weighted by atomic mass is 9.55. The maximum Gasteiger partial charge on any atom is 0.469 e. The molecule has 0 saturated carbocycles. The Morgan fingerprint density at radius 2 is 1.56 bits per heavy atom. The summed E-state index contributed by atoms with van der Waals surface area (Å²) < 4.78 is 12.4. The average Bonchev–Trinajstić information content (AvgIpc) is 2.34. The van der Waals surface area contributed by atoms with E-state index >= 15 is 0 Å². The highest BCUT2D eigenvalue weighted by Gasteiger charge is 2.59. The summed E-state index contributed by atoms with van der Waals surface area (Å²) in [5, 5.41) is -0.179. The van der Waals surface area contributed by atoms with Crippen LogP contribution in [0.3, 0.4) is 0 Å². The van der Waals surface area contributed by atoms with E-state index in [1.165, 1.54) is 0 Å². The minimum atomic E-state index is -0.283. The van der Waals surface area contributed by atoms with Gasteiger partial charge in [0.15, 0.2) is 0 Å². The zero-order chi connectivity index (χ0) is 13.8. The third-order valence-electron chi connectivity index (χ3n) is 4.35. The summed E-state index contributed by atoms with van der Waals surface area (Å²) in [5.74, 6) is 0. The fourth-order valence-electron chi connectivity index (χ4n) is 2.60. The molecule has 1 fully saturated rings. The molecule has 2 aliphatic heterocycles. The summed E-state index contributed by atoms with van der Waals surface area (Å²) in [6.45, 7) is 13.5. The van der Waals surface area contributed by atoms with Crippen LogP contribution >= 0.6 is 15.9 Å². The topological polar surface area (TPSA) is 30.8 Å². The zero-order valence-corrected chi connectivity index (χ0v) is 13.8. The third-order valence-corrected chi connectivity index (χ3v) is 4.88. The van der Waals surface area contributed by atoms with Crippen molar-refractivity contribution in [3.63, 3.8) is 0 Å². The molecule has 0 aliphatic carbocycles. The number of hydrogen-bond acceptors (Lipinski definition) is 3. The van der Waals surface area contributed by atoms with Gasteiger partial charge in [0.25, 0.3) is 0 Å². The van der Waals surface area contributed by atoms with Gasteiger partial charge in [0.05, 0.1) is 17.7 Å². The van der Waals surface area contributed by atoms with Crippen LogP contribution in [-0.2, 0) is 9.31 Å². The van der Waals surface area contributed by atoms with Crippen LogP contribution in [0.25, 0.3) is 0 Å². The Hall–Kier alpha value is 0.135. The first kappa shape index (κ1) is 14.5. The molecule has 2 unspecified atom stereocenters. The molecule has 0 radical (unpaired) electrons. The van der Waals surface area contributed by atoms with Gasteiger partial charge in [-0.2, -0.15) is 0 Å². The van der Waals surface area contributed by atoms with Crippen molar-refractivity contribution in [2.24, 2.45) is 4.99 Å². The molecule has 2 rings (SSSR count). The van der Waals surface area contributed by atoms with Gasteiger partial charge in [-0.25, -0.2) is 0 Å². The Kier molecular flexibility index (Phi) is 3.28. The van der Waals surface area contributed by atoms with Crippen LogP contribution in [0.1, 0.15) is 48.0 Å². The van der Waals surface area contributed by atoms with Crippen molar-refractivity contribution in [1.82, 2.24) is 0 Å². The SMILES string of the molecule is CC1(Br)CN=CC(C)(B2OC(C)(C)C(C)(C)O2)C1. The van der Waals surface area contributed by atoms with Crippen molar-refractivity contribution < 1.29 is 9.31 Å². The Balaban J connectivity index is 2.24. The monoisotopic (exact) mass is 315 g/mol. The van der Waals surface area contributed by atoms with E-state index in [2.05, 4.69) is 62.5 Å². The normalized spacial score (nSPS) is 42.3. The quantitative estimate of drug-likeness (QED) is 0.548. The van der Waals surface area contributed by atoms with Crippen LogP contribution in [0, 0.1) is 0 Å². The highest BCUT2D eigenvalue weighted by atomic mass is 79.9. The Morgan fingerprint density at radius 3 is 2.00 bits per heavy atom. The highest BCUT2D eigenvalue weighted by molar-refractivity contribution is 9.10. The van der Waals surface area contributed by atoms with Gasteiger partial charge in [-0.05, 0) is 41.0 Å². The van der Waals surface area contributed by atoms with Gasteiger partial charge in [-0.15, -0.1) is 0 Å². The fourth-order valence-corrected chi connectivity index (χ4v) is 3.35. The molecule has 0 aromatic rings. The smallest absolute Gasteiger partial charge is 0.403 e. The largest absolute Gasteiger partial charge is 0.469 e. The summed E-state index contributed by atoms with van der Waals surface area (Å²) >= 11 is 3.75. The molecule has 0 amide bonds. The fraction of sp³-hybridized carbons (Fsp3) is 0.923. The lowest BCUT2D eigenvalue weighted by molar-refractivity contribution is 0.00578. The summed E-state index contributed by atoms with van der Waals surface area (Å²) in [6, 6.07) is 0. The number of nitrogens with zero attached hydrogens (tertiary/aromatic N) is 1. The van der Waals surface area contributed by atoms with E-state index in [0.29, 0.717) is 0 Å². The molecule has 0 N–H and O–H groups in total. The molecular weight excluding hydrogens is 293 g/mol. The Morgan fingerprint density at radius 1 is 1.06 bits per heavy atom. The van der Waals surface area contributed by atoms with E-state index in [1.807, 2.05) is 6.21 Å². The highest BCUT2D eigenvalue weighted by Crippen LogP contribution is 2.50. The molecule has 0 aromatic heterocycles. The van der Waals surface area contributed by atoms with E-state index < -0.39 is 0 Å². The van der Waals surface area contributed by atoms with Gasteiger partial charge >= 0.3 is 7.12 Å². The van der Waals surface area contributed by atoms with Crippen LogP contribution in [0.5, 0.6) is 0 Å². The summed E-state index contributed by atoms with van der Waals surface area (Å²) in [6.07, 6.45) is 2.97. The van der Waals surface area contributed by atoms with Crippen LogP contribution < -0.4 is 0 Å². The minimum Gasteiger partial charge on any atom is -0.403 e. The van der Waals surface area contributed by atoms with E-state index in [4.69, 9.17) is 9.31 Å². The van der Waals surface area contributed by atoms with Crippen LogP contribution in [0.4, 0.5) is 0 Å². The molecule has 2 heterocycles. The van der Waals surface area contributed by atoms with Crippen molar-refractivity contribution >= 4 is 29.3 Å². The molecule has 0 spiro atoms. The van der Waals surface area contributed by atoms with Gasteiger partial charge in [0.2, 0.25) is 0 Å². The van der Waals surface area contributed by atoms with Gasteiger partial charge < -0.3 is 9.31 Å².